The molecule has 0 aromatic heterocycles. The van der Waals surface area contributed by atoms with E-state index in [9.17, 15) is 0 Å². The molecule has 1 rings (SSSR count). The van der Waals surface area contributed by atoms with Crippen molar-refractivity contribution in [3.8, 4) is 0 Å². The lowest BCUT2D eigenvalue weighted by atomic mass is 9.88. The van der Waals surface area contributed by atoms with Gasteiger partial charge in [0.15, 0.2) is 0 Å². The summed E-state index contributed by atoms with van der Waals surface area (Å²) in [5.74, 6) is 0.915. The van der Waals surface area contributed by atoms with Gasteiger partial charge in [-0.15, -0.1) is 0 Å². The van der Waals surface area contributed by atoms with Gasteiger partial charge in [-0.05, 0) is 25.7 Å². The molecule has 0 unspecified atom stereocenters. The first kappa shape index (κ1) is 9.56. The van der Waals surface area contributed by atoms with Gasteiger partial charge >= 0.3 is 0 Å². The Bertz CT molecular complexity index is 132. The van der Waals surface area contributed by atoms with Crippen molar-refractivity contribution in [2.75, 3.05) is 4.43 Å². The summed E-state index contributed by atoms with van der Waals surface area (Å²) in [6, 6.07) is 0. The molecule has 1 heteroatoms. The van der Waals surface area contributed by atoms with E-state index in [4.69, 9.17) is 0 Å². The van der Waals surface area contributed by atoms with E-state index in [1.807, 2.05) is 0 Å². The van der Waals surface area contributed by atoms with Crippen molar-refractivity contribution in [1.82, 2.24) is 0 Å². The number of hydrogen-bond donors (Lipinski definition) is 0. The first-order valence-electron chi connectivity index (χ1n) is 4.56. The van der Waals surface area contributed by atoms with Gasteiger partial charge < -0.3 is 0 Å². The average molecular weight is 264 g/mol. The Hall–Kier alpha value is 0.470. The highest BCUT2D eigenvalue weighted by molar-refractivity contribution is 14.1. The van der Waals surface area contributed by atoms with E-state index in [0.29, 0.717) is 0 Å². The number of alkyl halides is 1. The minimum Gasteiger partial charge on any atom is -0.0817 e. The van der Waals surface area contributed by atoms with E-state index < -0.39 is 0 Å². The van der Waals surface area contributed by atoms with E-state index in [1.165, 1.54) is 36.5 Å². The van der Waals surface area contributed by atoms with Crippen LogP contribution < -0.4 is 0 Å². The van der Waals surface area contributed by atoms with Crippen LogP contribution in [0.25, 0.3) is 0 Å². The van der Waals surface area contributed by atoms with Crippen LogP contribution in [-0.2, 0) is 0 Å². The molecule has 0 nitrogen and oxygen atoms in total. The third-order valence-electron chi connectivity index (χ3n) is 2.38. The van der Waals surface area contributed by atoms with Crippen LogP contribution in [0.15, 0.2) is 11.6 Å². The fourth-order valence-electron chi connectivity index (χ4n) is 1.75. The zero-order chi connectivity index (χ0) is 8.10. The van der Waals surface area contributed by atoms with E-state index in [-0.39, 0.29) is 0 Å². The number of allylic oxidation sites excluding steroid dienone is 2. The molecule has 0 N–H and O–H groups in total. The Balaban J connectivity index is 2.34. The molecule has 0 bridgehead atoms. The van der Waals surface area contributed by atoms with Crippen LogP contribution in [0.3, 0.4) is 0 Å². The summed E-state index contributed by atoms with van der Waals surface area (Å²) in [6.07, 6.45) is 9.74. The molecule has 64 valence electrons. The molecule has 1 aliphatic carbocycles. The molecular formula is C10H17I. The molecule has 0 saturated heterocycles. The van der Waals surface area contributed by atoms with Gasteiger partial charge in [-0.25, -0.2) is 0 Å². The van der Waals surface area contributed by atoms with Gasteiger partial charge in [0.25, 0.3) is 0 Å². The van der Waals surface area contributed by atoms with Gasteiger partial charge in [0, 0.05) is 4.43 Å². The first-order valence-corrected chi connectivity index (χ1v) is 6.08. The third-order valence-corrected chi connectivity index (χ3v) is 3.58. The lowest BCUT2D eigenvalue weighted by molar-refractivity contribution is 0.418. The van der Waals surface area contributed by atoms with E-state index >= 15 is 0 Å². The molecule has 1 saturated carbocycles. The third kappa shape index (κ3) is 3.59. The molecule has 1 fully saturated rings. The zero-order valence-electron chi connectivity index (χ0n) is 7.28. The molecule has 0 spiro atoms. The molecular weight excluding hydrogens is 247 g/mol. The van der Waals surface area contributed by atoms with Crippen molar-refractivity contribution < 1.29 is 0 Å². The van der Waals surface area contributed by atoms with Gasteiger partial charge in [-0.2, -0.15) is 0 Å². The fourth-order valence-corrected chi connectivity index (χ4v) is 2.00. The van der Waals surface area contributed by atoms with Gasteiger partial charge in [0.05, 0.1) is 0 Å². The Morgan fingerprint density at radius 2 is 2.00 bits per heavy atom. The van der Waals surface area contributed by atoms with Crippen molar-refractivity contribution in [3.63, 3.8) is 0 Å². The fraction of sp³-hybridized carbons (Fsp3) is 0.800. The Labute approximate surface area is 83.6 Å². The second kappa shape index (κ2) is 5.18. The Morgan fingerprint density at radius 3 is 2.55 bits per heavy atom. The van der Waals surface area contributed by atoms with Crippen LogP contribution in [0.4, 0.5) is 0 Å². The molecule has 1 aliphatic rings. The van der Waals surface area contributed by atoms with Crippen LogP contribution in [-0.4, -0.2) is 4.43 Å². The molecule has 11 heavy (non-hydrogen) atoms. The maximum Gasteiger partial charge on any atom is 0.0203 e. The minimum absolute atomic E-state index is 0.915. The second-order valence-electron chi connectivity index (χ2n) is 3.54. The van der Waals surface area contributed by atoms with Crippen molar-refractivity contribution >= 4 is 22.6 Å². The van der Waals surface area contributed by atoms with Crippen LogP contribution >= 0.6 is 22.6 Å². The van der Waals surface area contributed by atoms with Gasteiger partial charge in [0.2, 0.25) is 0 Å². The summed E-state index contributed by atoms with van der Waals surface area (Å²) >= 11 is 2.44. The quantitative estimate of drug-likeness (QED) is 0.402. The number of hydrogen-bond acceptors (Lipinski definition) is 0. The normalized spacial score (nSPS) is 22.2. The highest BCUT2D eigenvalue weighted by atomic mass is 127. The predicted octanol–water partition coefficient (Wildman–Crippen LogP) is 3.95. The van der Waals surface area contributed by atoms with E-state index in [2.05, 4.69) is 35.6 Å². The average Bonchev–Trinajstić information content (AvgIpc) is 2.06. The summed E-state index contributed by atoms with van der Waals surface area (Å²) in [7, 11) is 0. The minimum atomic E-state index is 0.915. The highest BCUT2D eigenvalue weighted by Crippen LogP contribution is 2.25. The molecule has 0 heterocycles. The SMILES string of the molecule is C/C(=C\C1CCCCC1)CI. The van der Waals surface area contributed by atoms with E-state index in [1.54, 1.807) is 5.57 Å². The lowest BCUT2D eigenvalue weighted by Gasteiger charge is -2.18. The number of halogens is 1. The highest BCUT2D eigenvalue weighted by Gasteiger charge is 2.10. The summed E-state index contributed by atoms with van der Waals surface area (Å²) in [5.41, 5.74) is 1.57. The Morgan fingerprint density at radius 1 is 1.36 bits per heavy atom. The molecule has 0 aliphatic heterocycles. The van der Waals surface area contributed by atoms with Crippen LogP contribution in [0.2, 0.25) is 0 Å². The second-order valence-corrected chi connectivity index (χ2v) is 4.31. The maximum absolute atomic E-state index is 2.49. The maximum atomic E-state index is 2.49. The summed E-state index contributed by atoms with van der Waals surface area (Å²) in [6.45, 7) is 2.25. The van der Waals surface area contributed by atoms with Crippen molar-refractivity contribution in [2.24, 2.45) is 5.92 Å². The topological polar surface area (TPSA) is 0 Å². The van der Waals surface area contributed by atoms with Crippen LogP contribution in [0.5, 0.6) is 0 Å². The van der Waals surface area contributed by atoms with Crippen molar-refractivity contribution in [2.45, 2.75) is 39.0 Å². The monoisotopic (exact) mass is 264 g/mol. The molecule has 0 aromatic rings. The molecule has 0 atom stereocenters. The van der Waals surface area contributed by atoms with E-state index in [0.717, 1.165) is 5.92 Å². The molecule has 0 radical (unpaired) electrons. The first-order chi connectivity index (χ1) is 5.33. The smallest absolute Gasteiger partial charge is 0.0203 e. The van der Waals surface area contributed by atoms with Crippen LogP contribution in [0, 0.1) is 5.92 Å². The van der Waals surface area contributed by atoms with Crippen molar-refractivity contribution in [1.29, 1.82) is 0 Å². The molecule has 0 amide bonds. The number of rotatable bonds is 2. The van der Waals surface area contributed by atoms with Gasteiger partial charge in [-0.3, -0.25) is 0 Å². The summed E-state index contributed by atoms with van der Waals surface area (Å²) in [5, 5.41) is 0. The van der Waals surface area contributed by atoms with Gasteiger partial charge in [0.1, 0.15) is 0 Å². The zero-order valence-corrected chi connectivity index (χ0v) is 9.43. The molecule has 0 aromatic carbocycles. The van der Waals surface area contributed by atoms with Crippen LogP contribution in [0.1, 0.15) is 39.0 Å². The summed E-state index contributed by atoms with van der Waals surface area (Å²) in [4.78, 5) is 0. The Kier molecular flexibility index (Phi) is 4.50. The van der Waals surface area contributed by atoms with Gasteiger partial charge in [-0.1, -0.05) is 53.5 Å². The summed E-state index contributed by atoms with van der Waals surface area (Å²) < 4.78 is 1.20. The largest absolute Gasteiger partial charge is 0.0817 e. The predicted molar refractivity (Wildman–Crippen MR) is 59.2 cm³/mol. The van der Waals surface area contributed by atoms with Crippen molar-refractivity contribution in [3.05, 3.63) is 11.6 Å². The standard InChI is InChI=1S/C10H17I/c1-9(8-11)7-10-5-3-2-4-6-10/h7,10H,2-6,8H2,1H3/b9-7+. The lowest BCUT2D eigenvalue weighted by Crippen LogP contribution is -2.03.